The van der Waals surface area contributed by atoms with E-state index < -0.39 is 26.2 Å². The number of nitrogens with zero attached hydrogens (tertiary/aromatic N) is 3. The van der Waals surface area contributed by atoms with Crippen LogP contribution in [0.5, 0.6) is 0 Å². The lowest BCUT2D eigenvalue weighted by Gasteiger charge is -2.35. The second-order valence-corrected chi connectivity index (χ2v) is 7.03. The number of sulfonamides is 1. The highest BCUT2D eigenvalue weighted by molar-refractivity contribution is 7.89. The van der Waals surface area contributed by atoms with E-state index in [-0.39, 0.29) is 19.2 Å². The van der Waals surface area contributed by atoms with Crippen molar-refractivity contribution in [1.82, 2.24) is 13.4 Å². The molecule has 2 rings (SSSR count). The second-order valence-electron chi connectivity index (χ2n) is 5.18. The summed E-state index contributed by atoms with van der Waals surface area (Å²) < 4.78 is 28.4. The Morgan fingerprint density at radius 2 is 1.95 bits per heavy atom. The SMILES string of the molecule is Cn1cc(S(=O)(=O)N(CCO)C2CCC2)c(=O)n(C)c1=O. The van der Waals surface area contributed by atoms with Crippen molar-refractivity contribution in [2.45, 2.75) is 30.2 Å². The Bertz CT molecular complexity index is 745. The molecule has 1 aromatic rings. The summed E-state index contributed by atoms with van der Waals surface area (Å²) in [5.41, 5.74) is -1.43. The fourth-order valence-electron chi connectivity index (χ4n) is 2.35. The number of aryl methyl sites for hydroxylation is 1. The Labute approximate surface area is 122 Å². The van der Waals surface area contributed by atoms with Gasteiger partial charge in [0, 0.05) is 32.9 Å². The van der Waals surface area contributed by atoms with E-state index in [1.165, 1.54) is 14.1 Å². The van der Waals surface area contributed by atoms with Gasteiger partial charge in [-0.25, -0.2) is 13.2 Å². The number of hydrogen-bond donors (Lipinski definition) is 1. The smallest absolute Gasteiger partial charge is 0.330 e. The van der Waals surface area contributed by atoms with Crippen molar-refractivity contribution in [3.05, 3.63) is 27.0 Å². The van der Waals surface area contributed by atoms with Crippen LogP contribution >= 0.6 is 0 Å². The predicted molar refractivity (Wildman–Crippen MR) is 75.5 cm³/mol. The van der Waals surface area contributed by atoms with E-state index in [1.807, 2.05) is 0 Å². The molecular formula is C12H19N3O5S. The molecule has 1 heterocycles. The Morgan fingerprint density at radius 3 is 2.43 bits per heavy atom. The largest absolute Gasteiger partial charge is 0.395 e. The molecule has 0 atom stereocenters. The van der Waals surface area contributed by atoms with E-state index >= 15 is 0 Å². The molecule has 0 spiro atoms. The fraction of sp³-hybridized carbons (Fsp3) is 0.667. The lowest BCUT2D eigenvalue weighted by atomic mass is 9.93. The number of aliphatic hydroxyl groups is 1. The number of aromatic nitrogens is 2. The molecule has 1 N–H and O–H groups in total. The molecule has 0 radical (unpaired) electrons. The molecule has 1 aromatic heterocycles. The maximum atomic E-state index is 12.7. The van der Waals surface area contributed by atoms with Crippen LogP contribution in [0.1, 0.15) is 19.3 Å². The summed E-state index contributed by atoms with van der Waals surface area (Å²) >= 11 is 0. The van der Waals surface area contributed by atoms with Gasteiger partial charge in [-0.15, -0.1) is 0 Å². The van der Waals surface area contributed by atoms with Crippen molar-refractivity contribution in [2.24, 2.45) is 14.1 Å². The topological polar surface area (TPSA) is 102 Å². The third kappa shape index (κ3) is 2.68. The molecule has 0 amide bonds. The molecule has 8 nitrogen and oxygen atoms in total. The monoisotopic (exact) mass is 317 g/mol. The summed E-state index contributed by atoms with van der Waals surface area (Å²) in [6.07, 6.45) is 3.40. The molecule has 1 fully saturated rings. The van der Waals surface area contributed by atoms with E-state index in [4.69, 9.17) is 5.11 Å². The van der Waals surface area contributed by atoms with Crippen molar-refractivity contribution in [3.8, 4) is 0 Å². The summed E-state index contributed by atoms with van der Waals surface area (Å²) in [5, 5.41) is 9.09. The van der Waals surface area contributed by atoms with Gasteiger partial charge >= 0.3 is 5.69 Å². The summed E-state index contributed by atoms with van der Waals surface area (Å²) in [5.74, 6) is 0. The maximum Gasteiger partial charge on any atom is 0.330 e. The van der Waals surface area contributed by atoms with Crippen LogP contribution in [0.3, 0.4) is 0 Å². The van der Waals surface area contributed by atoms with Gasteiger partial charge in [-0.3, -0.25) is 9.36 Å². The van der Waals surface area contributed by atoms with Gasteiger partial charge in [0.1, 0.15) is 0 Å². The quantitative estimate of drug-likeness (QED) is 0.721. The molecule has 21 heavy (non-hydrogen) atoms. The fourth-order valence-corrected chi connectivity index (χ4v) is 4.18. The van der Waals surface area contributed by atoms with E-state index in [2.05, 4.69) is 0 Å². The van der Waals surface area contributed by atoms with E-state index in [9.17, 15) is 18.0 Å². The van der Waals surface area contributed by atoms with Gasteiger partial charge in [0.25, 0.3) is 5.56 Å². The lowest BCUT2D eigenvalue weighted by Crippen LogP contribution is -2.48. The molecule has 1 saturated carbocycles. The molecule has 1 aliphatic rings. The van der Waals surface area contributed by atoms with E-state index in [0.717, 1.165) is 26.1 Å². The Morgan fingerprint density at radius 1 is 1.33 bits per heavy atom. The zero-order chi connectivity index (χ0) is 15.8. The maximum absolute atomic E-state index is 12.7. The molecule has 0 bridgehead atoms. The lowest BCUT2D eigenvalue weighted by molar-refractivity contribution is 0.178. The number of rotatable bonds is 5. The van der Waals surface area contributed by atoms with E-state index in [1.54, 1.807) is 0 Å². The van der Waals surface area contributed by atoms with Crippen molar-refractivity contribution in [1.29, 1.82) is 0 Å². The van der Waals surface area contributed by atoms with Gasteiger partial charge in [0.05, 0.1) is 6.61 Å². The first-order valence-electron chi connectivity index (χ1n) is 6.70. The van der Waals surface area contributed by atoms with Crippen LogP contribution in [0, 0.1) is 0 Å². The van der Waals surface area contributed by atoms with Crippen molar-refractivity contribution in [3.63, 3.8) is 0 Å². The molecule has 0 saturated heterocycles. The van der Waals surface area contributed by atoms with Crippen LogP contribution in [0.15, 0.2) is 20.7 Å². The molecule has 118 valence electrons. The molecule has 0 aromatic carbocycles. The van der Waals surface area contributed by atoms with Gasteiger partial charge in [0.15, 0.2) is 4.90 Å². The van der Waals surface area contributed by atoms with Crippen molar-refractivity contribution < 1.29 is 13.5 Å². The van der Waals surface area contributed by atoms with Crippen LogP contribution in [0.2, 0.25) is 0 Å². The van der Waals surface area contributed by atoms with E-state index in [0.29, 0.717) is 12.8 Å². The Kier molecular flexibility index (Phi) is 4.35. The minimum atomic E-state index is -4.04. The van der Waals surface area contributed by atoms with Crippen LogP contribution in [0.25, 0.3) is 0 Å². The second kappa shape index (κ2) is 5.74. The zero-order valence-electron chi connectivity index (χ0n) is 12.0. The highest BCUT2D eigenvalue weighted by Crippen LogP contribution is 2.28. The molecule has 0 aliphatic heterocycles. The highest BCUT2D eigenvalue weighted by atomic mass is 32.2. The Balaban J connectivity index is 2.57. The standard InChI is InChI=1S/C12H19N3O5S/c1-13-8-10(11(17)14(2)12(13)18)21(19,20)15(6-7-16)9-4-3-5-9/h8-9,16H,3-7H2,1-2H3. The van der Waals surface area contributed by atoms with Crippen molar-refractivity contribution >= 4 is 10.0 Å². The van der Waals surface area contributed by atoms with Crippen molar-refractivity contribution in [2.75, 3.05) is 13.2 Å². The van der Waals surface area contributed by atoms with Crippen LogP contribution in [0.4, 0.5) is 0 Å². The molecular weight excluding hydrogens is 298 g/mol. The van der Waals surface area contributed by atoms with Gasteiger partial charge in [-0.05, 0) is 12.8 Å². The minimum absolute atomic E-state index is 0.0566. The van der Waals surface area contributed by atoms with Crippen LogP contribution in [-0.4, -0.2) is 46.2 Å². The van der Waals surface area contributed by atoms with Gasteiger partial charge in [0.2, 0.25) is 10.0 Å². The van der Waals surface area contributed by atoms with Crippen LogP contribution in [-0.2, 0) is 24.1 Å². The first-order chi connectivity index (χ1) is 9.80. The minimum Gasteiger partial charge on any atom is -0.395 e. The normalized spacial score (nSPS) is 16.2. The summed E-state index contributed by atoms with van der Waals surface area (Å²) in [7, 11) is -1.41. The number of aliphatic hydroxyl groups excluding tert-OH is 1. The third-order valence-electron chi connectivity index (χ3n) is 3.80. The summed E-state index contributed by atoms with van der Waals surface area (Å²) in [6, 6.07) is -0.191. The molecule has 0 unspecified atom stereocenters. The average Bonchev–Trinajstić information content (AvgIpc) is 2.37. The van der Waals surface area contributed by atoms with Gasteiger partial charge < -0.3 is 9.67 Å². The van der Waals surface area contributed by atoms with Crippen LogP contribution < -0.4 is 11.2 Å². The average molecular weight is 317 g/mol. The highest BCUT2D eigenvalue weighted by Gasteiger charge is 2.36. The Hall–Kier alpha value is -1.45. The first kappa shape index (κ1) is 15.9. The summed E-state index contributed by atoms with van der Waals surface area (Å²) in [6.45, 7) is -0.374. The number of hydrogen-bond acceptors (Lipinski definition) is 5. The third-order valence-corrected chi connectivity index (χ3v) is 5.74. The van der Waals surface area contributed by atoms with Gasteiger partial charge in [-0.2, -0.15) is 4.31 Å². The predicted octanol–water partition coefficient (Wildman–Crippen LogP) is -1.38. The molecule has 1 aliphatic carbocycles. The first-order valence-corrected chi connectivity index (χ1v) is 8.14. The molecule has 9 heteroatoms. The van der Waals surface area contributed by atoms with Gasteiger partial charge in [-0.1, -0.05) is 6.42 Å². The summed E-state index contributed by atoms with van der Waals surface area (Å²) in [4.78, 5) is 23.3. The zero-order valence-corrected chi connectivity index (χ0v) is 12.8.